The Labute approximate surface area is 184 Å². The van der Waals surface area contributed by atoms with E-state index in [-0.39, 0.29) is 12.0 Å². The van der Waals surface area contributed by atoms with Crippen molar-refractivity contribution in [1.29, 1.82) is 0 Å². The number of hydrogen-bond acceptors (Lipinski definition) is 4. The number of carbonyl (C=O) groups excluding carboxylic acids is 1. The molecule has 0 spiro atoms. The lowest BCUT2D eigenvalue weighted by Gasteiger charge is -2.24. The van der Waals surface area contributed by atoms with Gasteiger partial charge in [-0.05, 0) is 69.1 Å². The van der Waals surface area contributed by atoms with E-state index in [1.165, 1.54) is 5.56 Å². The molecular weight excluding hydrogens is 400 g/mol. The lowest BCUT2D eigenvalue weighted by Crippen LogP contribution is -2.29. The molecule has 5 nitrogen and oxygen atoms in total. The summed E-state index contributed by atoms with van der Waals surface area (Å²) in [6.07, 6.45) is 2.15. The number of ether oxygens (including phenoxy) is 2. The molecule has 0 saturated carbocycles. The van der Waals surface area contributed by atoms with E-state index >= 15 is 0 Å². The maximum Gasteiger partial charge on any atom is 0.255 e. The summed E-state index contributed by atoms with van der Waals surface area (Å²) in [5.41, 5.74) is 2.34. The van der Waals surface area contributed by atoms with Crippen LogP contribution in [0.1, 0.15) is 49.5 Å². The van der Waals surface area contributed by atoms with E-state index in [1.54, 1.807) is 18.2 Å². The highest BCUT2D eigenvalue weighted by Crippen LogP contribution is 2.29. The van der Waals surface area contributed by atoms with E-state index in [0.29, 0.717) is 34.7 Å². The van der Waals surface area contributed by atoms with Gasteiger partial charge >= 0.3 is 0 Å². The van der Waals surface area contributed by atoms with Crippen molar-refractivity contribution >= 4 is 23.2 Å². The second kappa shape index (κ2) is 10.8. The monoisotopic (exact) mass is 430 g/mol. The van der Waals surface area contributed by atoms with Crippen LogP contribution >= 0.6 is 11.6 Å². The fraction of sp³-hybridized carbons (Fsp3) is 0.458. The van der Waals surface area contributed by atoms with Gasteiger partial charge in [0.2, 0.25) is 0 Å². The Bertz CT molecular complexity index is 833. The van der Waals surface area contributed by atoms with Gasteiger partial charge in [0.25, 0.3) is 5.91 Å². The molecule has 1 fully saturated rings. The van der Waals surface area contributed by atoms with Gasteiger partial charge in [-0.3, -0.25) is 9.69 Å². The normalized spacial score (nSPS) is 16.3. The molecule has 1 saturated heterocycles. The van der Waals surface area contributed by atoms with E-state index < -0.39 is 0 Å². The van der Waals surface area contributed by atoms with E-state index in [0.717, 1.165) is 32.5 Å². The molecule has 0 aliphatic carbocycles. The van der Waals surface area contributed by atoms with Gasteiger partial charge in [-0.25, -0.2) is 0 Å². The Kier molecular flexibility index (Phi) is 8.14. The van der Waals surface area contributed by atoms with Gasteiger partial charge in [0.15, 0.2) is 0 Å². The zero-order valence-corrected chi connectivity index (χ0v) is 18.7. The number of nitrogens with one attached hydrogen (secondary N) is 1. The molecule has 1 atom stereocenters. The summed E-state index contributed by atoms with van der Waals surface area (Å²) in [6.45, 7) is 9.63. The van der Waals surface area contributed by atoms with Crippen LogP contribution in [0.25, 0.3) is 0 Å². The van der Waals surface area contributed by atoms with E-state index in [2.05, 4.69) is 31.0 Å². The fourth-order valence-electron chi connectivity index (χ4n) is 3.53. The third kappa shape index (κ3) is 6.21. The largest absolute Gasteiger partial charge is 0.489 e. The van der Waals surface area contributed by atoms with E-state index in [1.807, 2.05) is 24.3 Å². The SMILES string of the molecule is CCN(Cc1ccc(C(=O)Nc2cc(Cl)ccc2OCC2CCCO2)cc1)C(C)C. The van der Waals surface area contributed by atoms with Crippen molar-refractivity contribution in [1.82, 2.24) is 4.90 Å². The minimum Gasteiger partial charge on any atom is -0.489 e. The third-order valence-corrected chi connectivity index (χ3v) is 5.61. The summed E-state index contributed by atoms with van der Waals surface area (Å²) in [7, 11) is 0. The van der Waals surface area contributed by atoms with Crippen molar-refractivity contribution in [2.24, 2.45) is 0 Å². The summed E-state index contributed by atoms with van der Waals surface area (Å²) < 4.78 is 11.5. The number of anilines is 1. The lowest BCUT2D eigenvalue weighted by molar-refractivity contribution is 0.0682. The van der Waals surface area contributed by atoms with Crippen LogP contribution in [0, 0.1) is 0 Å². The van der Waals surface area contributed by atoms with Gasteiger partial charge in [-0.15, -0.1) is 0 Å². The average Bonchev–Trinajstić information content (AvgIpc) is 3.25. The first kappa shape index (κ1) is 22.6. The number of benzene rings is 2. The van der Waals surface area contributed by atoms with Crippen molar-refractivity contribution in [2.45, 2.75) is 52.3 Å². The first-order valence-electron chi connectivity index (χ1n) is 10.6. The molecule has 2 aromatic rings. The van der Waals surface area contributed by atoms with Crippen LogP contribution in [0.5, 0.6) is 5.75 Å². The summed E-state index contributed by atoms with van der Waals surface area (Å²) >= 11 is 6.15. The summed E-state index contributed by atoms with van der Waals surface area (Å²) in [4.78, 5) is 15.2. The standard InChI is InChI=1S/C24H31ClN2O3/c1-4-27(17(2)3)15-18-7-9-19(10-8-18)24(28)26-22-14-20(25)11-12-23(22)30-16-21-6-5-13-29-21/h7-12,14,17,21H,4-6,13,15-16H2,1-3H3,(H,26,28). The van der Waals surface area contributed by atoms with Crippen molar-refractivity contribution in [3.05, 3.63) is 58.6 Å². The molecule has 0 radical (unpaired) electrons. The van der Waals surface area contributed by atoms with E-state index in [4.69, 9.17) is 21.1 Å². The predicted molar refractivity (Wildman–Crippen MR) is 122 cm³/mol. The van der Waals surface area contributed by atoms with Crippen molar-refractivity contribution < 1.29 is 14.3 Å². The Hall–Kier alpha value is -2.08. The number of halogens is 1. The number of amides is 1. The average molecular weight is 431 g/mol. The smallest absolute Gasteiger partial charge is 0.255 e. The minimum absolute atomic E-state index is 0.102. The zero-order chi connectivity index (χ0) is 21.5. The predicted octanol–water partition coefficient (Wildman–Crippen LogP) is 5.38. The maximum atomic E-state index is 12.8. The van der Waals surface area contributed by atoms with Crippen LogP contribution < -0.4 is 10.1 Å². The first-order valence-corrected chi connectivity index (χ1v) is 11.0. The molecule has 3 rings (SSSR count). The molecule has 0 aromatic heterocycles. The fourth-order valence-corrected chi connectivity index (χ4v) is 3.71. The molecule has 2 aromatic carbocycles. The van der Waals surface area contributed by atoms with Crippen molar-refractivity contribution in [2.75, 3.05) is 25.1 Å². The molecule has 1 unspecified atom stereocenters. The Morgan fingerprint density at radius 3 is 2.67 bits per heavy atom. The number of nitrogens with zero attached hydrogens (tertiary/aromatic N) is 1. The van der Waals surface area contributed by atoms with E-state index in [9.17, 15) is 4.79 Å². The lowest BCUT2D eigenvalue weighted by atomic mass is 10.1. The van der Waals surface area contributed by atoms with Crippen LogP contribution in [-0.2, 0) is 11.3 Å². The quantitative estimate of drug-likeness (QED) is 0.580. The molecule has 1 aliphatic rings. The molecule has 1 heterocycles. The number of hydrogen-bond donors (Lipinski definition) is 1. The molecule has 1 N–H and O–H groups in total. The molecule has 6 heteroatoms. The zero-order valence-electron chi connectivity index (χ0n) is 18.0. The Morgan fingerprint density at radius 1 is 1.27 bits per heavy atom. The topological polar surface area (TPSA) is 50.8 Å². The minimum atomic E-state index is -0.193. The molecule has 1 amide bonds. The Morgan fingerprint density at radius 2 is 2.03 bits per heavy atom. The highest BCUT2D eigenvalue weighted by molar-refractivity contribution is 6.31. The highest BCUT2D eigenvalue weighted by atomic mass is 35.5. The van der Waals surface area contributed by atoms with Crippen LogP contribution in [0.3, 0.4) is 0 Å². The van der Waals surface area contributed by atoms with Gasteiger partial charge in [0, 0.05) is 29.8 Å². The maximum absolute atomic E-state index is 12.8. The van der Waals surface area contributed by atoms with Gasteiger partial charge < -0.3 is 14.8 Å². The second-order valence-electron chi connectivity index (χ2n) is 7.89. The number of carbonyl (C=O) groups is 1. The van der Waals surface area contributed by atoms with Crippen LogP contribution in [0.4, 0.5) is 5.69 Å². The van der Waals surface area contributed by atoms with Crippen LogP contribution in [0.15, 0.2) is 42.5 Å². The number of rotatable bonds is 9. The second-order valence-corrected chi connectivity index (χ2v) is 8.33. The van der Waals surface area contributed by atoms with Crippen LogP contribution in [-0.4, -0.2) is 42.7 Å². The molecule has 162 valence electrons. The van der Waals surface area contributed by atoms with Crippen LogP contribution in [0.2, 0.25) is 5.02 Å². The molecule has 1 aliphatic heterocycles. The summed E-state index contributed by atoms with van der Waals surface area (Å²) in [5, 5.41) is 3.47. The molecule has 30 heavy (non-hydrogen) atoms. The highest BCUT2D eigenvalue weighted by Gasteiger charge is 2.18. The van der Waals surface area contributed by atoms with Crippen molar-refractivity contribution in [3.8, 4) is 5.75 Å². The van der Waals surface area contributed by atoms with Gasteiger partial charge in [-0.2, -0.15) is 0 Å². The molecule has 0 bridgehead atoms. The van der Waals surface area contributed by atoms with Gasteiger partial charge in [0.1, 0.15) is 12.4 Å². The summed E-state index contributed by atoms with van der Waals surface area (Å²) in [6, 6.07) is 13.5. The Balaban J connectivity index is 1.65. The van der Waals surface area contributed by atoms with Gasteiger partial charge in [0.05, 0.1) is 11.8 Å². The van der Waals surface area contributed by atoms with Gasteiger partial charge in [-0.1, -0.05) is 30.7 Å². The van der Waals surface area contributed by atoms with Crippen molar-refractivity contribution in [3.63, 3.8) is 0 Å². The third-order valence-electron chi connectivity index (χ3n) is 5.38. The summed E-state index contributed by atoms with van der Waals surface area (Å²) in [5.74, 6) is 0.400. The molecular formula is C24H31ClN2O3. The first-order chi connectivity index (χ1) is 14.5.